The standard InChI is InChI=1S/C14H22N2O3/c1-5-6-7-8-15-13(17)12-9(2)11(10(3)16-12)14(18)19-4/h16H,5-8H2,1-4H3,(H,15,17). The van der Waals surface area contributed by atoms with Crippen LogP contribution in [-0.2, 0) is 4.74 Å². The minimum absolute atomic E-state index is 0.174. The largest absolute Gasteiger partial charge is 0.465 e. The number of carbonyl (C=O) groups excluding carboxylic acids is 2. The Balaban J connectivity index is 2.79. The summed E-state index contributed by atoms with van der Waals surface area (Å²) < 4.78 is 4.71. The van der Waals surface area contributed by atoms with Crippen LogP contribution in [0.2, 0.25) is 0 Å². The van der Waals surface area contributed by atoms with Crippen molar-refractivity contribution in [3.05, 3.63) is 22.5 Å². The van der Waals surface area contributed by atoms with Crippen molar-refractivity contribution < 1.29 is 14.3 Å². The Bertz CT molecular complexity index is 464. The van der Waals surface area contributed by atoms with E-state index < -0.39 is 5.97 Å². The monoisotopic (exact) mass is 266 g/mol. The number of unbranched alkanes of at least 4 members (excludes halogenated alkanes) is 2. The number of ether oxygens (including phenoxy) is 1. The molecule has 0 aliphatic heterocycles. The van der Waals surface area contributed by atoms with Crippen LogP contribution in [0.5, 0.6) is 0 Å². The zero-order valence-corrected chi connectivity index (χ0v) is 12.1. The summed E-state index contributed by atoms with van der Waals surface area (Å²) in [7, 11) is 1.33. The second-order valence-corrected chi connectivity index (χ2v) is 4.58. The lowest BCUT2D eigenvalue weighted by Gasteiger charge is -2.04. The van der Waals surface area contributed by atoms with E-state index in [1.54, 1.807) is 13.8 Å². The molecule has 1 amide bonds. The van der Waals surface area contributed by atoms with Crippen molar-refractivity contribution in [3.8, 4) is 0 Å². The van der Waals surface area contributed by atoms with Crippen molar-refractivity contribution in [2.24, 2.45) is 0 Å². The number of carbonyl (C=O) groups is 2. The van der Waals surface area contributed by atoms with Gasteiger partial charge in [-0.3, -0.25) is 4.79 Å². The van der Waals surface area contributed by atoms with Gasteiger partial charge >= 0.3 is 5.97 Å². The van der Waals surface area contributed by atoms with E-state index in [4.69, 9.17) is 4.74 Å². The molecule has 1 aromatic heterocycles. The van der Waals surface area contributed by atoms with E-state index in [1.165, 1.54) is 7.11 Å². The second kappa shape index (κ2) is 6.97. The maximum Gasteiger partial charge on any atom is 0.339 e. The van der Waals surface area contributed by atoms with Crippen molar-refractivity contribution in [2.75, 3.05) is 13.7 Å². The molecular weight excluding hydrogens is 244 g/mol. The van der Waals surface area contributed by atoms with Crippen LogP contribution in [0.3, 0.4) is 0 Å². The Labute approximate surface area is 113 Å². The third-order valence-electron chi connectivity index (χ3n) is 3.12. The molecule has 5 nitrogen and oxygen atoms in total. The molecule has 0 saturated heterocycles. The van der Waals surface area contributed by atoms with Crippen molar-refractivity contribution >= 4 is 11.9 Å². The van der Waals surface area contributed by atoms with Crippen LogP contribution < -0.4 is 5.32 Å². The summed E-state index contributed by atoms with van der Waals surface area (Å²) in [6.07, 6.45) is 3.17. The predicted molar refractivity (Wildman–Crippen MR) is 73.5 cm³/mol. The molecule has 0 aliphatic rings. The molecule has 0 radical (unpaired) electrons. The molecule has 0 fully saturated rings. The first-order valence-corrected chi connectivity index (χ1v) is 6.58. The highest BCUT2D eigenvalue weighted by Crippen LogP contribution is 2.18. The van der Waals surface area contributed by atoms with Gasteiger partial charge in [-0.1, -0.05) is 19.8 Å². The fourth-order valence-corrected chi connectivity index (χ4v) is 2.05. The molecule has 1 aromatic rings. The molecule has 0 saturated carbocycles. The lowest BCUT2D eigenvalue weighted by molar-refractivity contribution is 0.0599. The molecule has 0 aliphatic carbocycles. The average molecular weight is 266 g/mol. The maximum atomic E-state index is 12.0. The number of amides is 1. The third-order valence-corrected chi connectivity index (χ3v) is 3.12. The third kappa shape index (κ3) is 3.59. The Kier molecular flexibility index (Phi) is 5.60. The first-order valence-electron chi connectivity index (χ1n) is 6.58. The Morgan fingerprint density at radius 1 is 1.26 bits per heavy atom. The number of aryl methyl sites for hydroxylation is 1. The Morgan fingerprint density at radius 3 is 2.53 bits per heavy atom. The first-order chi connectivity index (χ1) is 9.02. The number of nitrogens with one attached hydrogen (secondary N) is 2. The predicted octanol–water partition coefficient (Wildman–Crippen LogP) is 2.34. The Morgan fingerprint density at radius 2 is 1.95 bits per heavy atom. The van der Waals surface area contributed by atoms with Crippen LogP contribution in [0.15, 0.2) is 0 Å². The van der Waals surface area contributed by atoms with Crippen LogP contribution >= 0.6 is 0 Å². The number of esters is 1. The highest BCUT2D eigenvalue weighted by molar-refractivity contribution is 6.00. The lowest BCUT2D eigenvalue weighted by atomic mass is 10.1. The lowest BCUT2D eigenvalue weighted by Crippen LogP contribution is -2.25. The Hall–Kier alpha value is -1.78. The SMILES string of the molecule is CCCCCNC(=O)c1[nH]c(C)c(C(=O)OC)c1C. The summed E-state index contributed by atoms with van der Waals surface area (Å²) in [6, 6.07) is 0. The van der Waals surface area contributed by atoms with Gasteiger partial charge < -0.3 is 15.0 Å². The molecule has 0 bridgehead atoms. The minimum Gasteiger partial charge on any atom is -0.465 e. The number of rotatable bonds is 6. The summed E-state index contributed by atoms with van der Waals surface area (Å²) in [6.45, 7) is 6.27. The van der Waals surface area contributed by atoms with Gasteiger partial charge in [0.2, 0.25) is 0 Å². The number of aromatic amines is 1. The van der Waals surface area contributed by atoms with Crippen LogP contribution in [0.1, 0.15) is 58.3 Å². The van der Waals surface area contributed by atoms with E-state index in [1.807, 2.05) is 0 Å². The smallest absolute Gasteiger partial charge is 0.339 e. The molecular formula is C14H22N2O3. The summed E-state index contributed by atoms with van der Waals surface area (Å²) in [5.74, 6) is -0.594. The zero-order valence-electron chi connectivity index (χ0n) is 12.1. The molecule has 106 valence electrons. The maximum absolute atomic E-state index is 12.0. The van der Waals surface area contributed by atoms with Gasteiger partial charge in [-0.15, -0.1) is 0 Å². The molecule has 0 atom stereocenters. The number of methoxy groups -OCH3 is 1. The van der Waals surface area contributed by atoms with Gasteiger partial charge in [0.05, 0.1) is 12.7 Å². The average Bonchev–Trinajstić information content (AvgIpc) is 2.69. The van der Waals surface area contributed by atoms with Crippen LogP contribution in [0.25, 0.3) is 0 Å². The van der Waals surface area contributed by atoms with Crippen molar-refractivity contribution in [1.29, 1.82) is 0 Å². The van der Waals surface area contributed by atoms with E-state index >= 15 is 0 Å². The van der Waals surface area contributed by atoms with E-state index in [0.717, 1.165) is 19.3 Å². The topological polar surface area (TPSA) is 71.2 Å². The summed E-state index contributed by atoms with van der Waals surface area (Å²) >= 11 is 0. The first kappa shape index (κ1) is 15.3. The van der Waals surface area contributed by atoms with Gasteiger partial charge in [0, 0.05) is 12.2 Å². The molecule has 2 N–H and O–H groups in total. The molecule has 0 spiro atoms. The normalized spacial score (nSPS) is 10.3. The fourth-order valence-electron chi connectivity index (χ4n) is 2.05. The molecule has 1 heterocycles. The van der Waals surface area contributed by atoms with E-state index in [0.29, 0.717) is 29.1 Å². The number of hydrogen-bond donors (Lipinski definition) is 2. The van der Waals surface area contributed by atoms with Crippen LogP contribution in [0.4, 0.5) is 0 Å². The van der Waals surface area contributed by atoms with Gasteiger partial charge in [-0.05, 0) is 25.8 Å². The van der Waals surface area contributed by atoms with Crippen LogP contribution in [-0.4, -0.2) is 30.5 Å². The molecule has 1 rings (SSSR count). The molecule has 19 heavy (non-hydrogen) atoms. The van der Waals surface area contributed by atoms with Gasteiger partial charge in [0.15, 0.2) is 0 Å². The summed E-state index contributed by atoms with van der Waals surface area (Å²) in [5, 5.41) is 2.85. The van der Waals surface area contributed by atoms with E-state index in [2.05, 4.69) is 17.2 Å². The second-order valence-electron chi connectivity index (χ2n) is 4.58. The fraction of sp³-hybridized carbons (Fsp3) is 0.571. The molecule has 0 unspecified atom stereocenters. The minimum atomic E-state index is -0.420. The zero-order chi connectivity index (χ0) is 14.4. The van der Waals surface area contributed by atoms with Gasteiger partial charge in [0.1, 0.15) is 5.69 Å². The molecule has 0 aromatic carbocycles. The van der Waals surface area contributed by atoms with Crippen molar-refractivity contribution in [1.82, 2.24) is 10.3 Å². The van der Waals surface area contributed by atoms with E-state index in [9.17, 15) is 9.59 Å². The number of aromatic nitrogens is 1. The quantitative estimate of drug-likeness (QED) is 0.613. The summed E-state index contributed by atoms with van der Waals surface area (Å²) in [5.41, 5.74) is 2.18. The summed E-state index contributed by atoms with van der Waals surface area (Å²) in [4.78, 5) is 26.6. The van der Waals surface area contributed by atoms with Gasteiger partial charge in [-0.25, -0.2) is 4.79 Å². The van der Waals surface area contributed by atoms with Gasteiger partial charge in [0.25, 0.3) is 5.91 Å². The number of hydrogen-bond acceptors (Lipinski definition) is 3. The molecule has 5 heteroatoms. The van der Waals surface area contributed by atoms with Gasteiger partial charge in [-0.2, -0.15) is 0 Å². The van der Waals surface area contributed by atoms with E-state index in [-0.39, 0.29) is 5.91 Å². The highest BCUT2D eigenvalue weighted by Gasteiger charge is 2.21. The van der Waals surface area contributed by atoms with Crippen molar-refractivity contribution in [2.45, 2.75) is 40.0 Å². The van der Waals surface area contributed by atoms with Crippen molar-refractivity contribution in [3.63, 3.8) is 0 Å². The number of H-pyrrole nitrogens is 1. The highest BCUT2D eigenvalue weighted by atomic mass is 16.5. The van der Waals surface area contributed by atoms with Crippen LogP contribution in [0, 0.1) is 13.8 Å².